The molecule has 0 amide bonds. The monoisotopic (exact) mass is 270 g/mol. The number of hydrogen-bond donors (Lipinski definition) is 1. The summed E-state index contributed by atoms with van der Waals surface area (Å²) in [5.74, 6) is 1.92. The van der Waals surface area contributed by atoms with Crippen LogP contribution in [0.15, 0.2) is 24.5 Å². The molecule has 0 saturated heterocycles. The second-order valence-corrected chi connectivity index (χ2v) is 8.31. The van der Waals surface area contributed by atoms with Crippen LogP contribution in [0, 0.1) is 22.7 Å². The van der Waals surface area contributed by atoms with E-state index in [1.54, 1.807) is 0 Å². The van der Waals surface area contributed by atoms with E-state index >= 15 is 0 Å². The fraction of sp³-hybridized carbons (Fsp3) is 0.722. The molecule has 5 rings (SSSR count). The van der Waals surface area contributed by atoms with Gasteiger partial charge < -0.3 is 5.73 Å². The lowest BCUT2D eigenvalue weighted by Gasteiger charge is -2.63. The number of rotatable bonds is 3. The van der Waals surface area contributed by atoms with Gasteiger partial charge in [0.2, 0.25) is 0 Å². The van der Waals surface area contributed by atoms with E-state index in [9.17, 15) is 0 Å². The molecule has 2 nitrogen and oxygen atoms in total. The summed E-state index contributed by atoms with van der Waals surface area (Å²) < 4.78 is 0. The van der Waals surface area contributed by atoms with Gasteiger partial charge in [0, 0.05) is 18.4 Å². The van der Waals surface area contributed by atoms with Crippen LogP contribution >= 0.6 is 0 Å². The Bertz CT molecular complexity index is 481. The summed E-state index contributed by atoms with van der Waals surface area (Å²) >= 11 is 0. The number of hydrogen-bond acceptors (Lipinski definition) is 2. The van der Waals surface area contributed by atoms with Gasteiger partial charge >= 0.3 is 0 Å². The molecule has 0 aromatic carbocycles. The molecular weight excluding hydrogens is 244 g/mol. The summed E-state index contributed by atoms with van der Waals surface area (Å²) in [5.41, 5.74) is 9.06. The van der Waals surface area contributed by atoms with Gasteiger partial charge in [0.25, 0.3) is 0 Å². The summed E-state index contributed by atoms with van der Waals surface area (Å²) in [6, 6.07) is 4.52. The third-order valence-corrected chi connectivity index (χ3v) is 6.36. The van der Waals surface area contributed by atoms with E-state index in [0.29, 0.717) is 16.9 Å². The SMILES string of the molecule is CC12CC3CC(C1)CC(C(N)Cc1cccnc1)(C3)C2. The minimum atomic E-state index is 0.317. The van der Waals surface area contributed by atoms with Crippen molar-refractivity contribution in [3.05, 3.63) is 30.1 Å². The van der Waals surface area contributed by atoms with Crippen molar-refractivity contribution in [2.75, 3.05) is 0 Å². The zero-order chi connectivity index (χ0) is 13.8. The first-order chi connectivity index (χ1) is 9.57. The Labute approximate surface area is 122 Å². The summed E-state index contributed by atoms with van der Waals surface area (Å²) in [7, 11) is 0. The number of pyridine rings is 1. The van der Waals surface area contributed by atoms with E-state index in [2.05, 4.69) is 18.0 Å². The van der Waals surface area contributed by atoms with Gasteiger partial charge in [0.1, 0.15) is 0 Å². The van der Waals surface area contributed by atoms with Crippen LogP contribution in [0.25, 0.3) is 0 Å². The van der Waals surface area contributed by atoms with E-state index in [1.807, 2.05) is 18.5 Å². The topological polar surface area (TPSA) is 38.9 Å². The Balaban J connectivity index is 1.58. The minimum Gasteiger partial charge on any atom is -0.327 e. The highest BCUT2D eigenvalue weighted by molar-refractivity contribution is 5.15. The lowest BCUT2D eigenvalue weighted by molar-refractivity contribution is -0.112. The zero-order valence-electron chi connectivity index (χ0n) is 12.5. The van der Waals surface area contributed by atoms with Crippen LogP contribution in [0.5, 0.6) is 0 Å². The van der Waals surface area contributed by atoms with E-state index in [0.717, 1.165) is 18.3 Å². The van der Waals surface area contributed by atoms with Gasteiger partial charge in [0.15, 0.2) is 0 Å². The highest BCUT2D eigenvalue weighted by Gasteiger charge is 2.57. The number of aromatic nitrogens is 1. The summed E-state index contributed by atoms with van der Waals surface area (Å²) in [5, 5.41) is 0. The molecule has 1 heterocycles. The predicted octanol–water partition coefficient (Wildman–Crippen LogP) is 3.56. The molecule has 0 radical (unpaired) electrons. The summed E-state index contributed by atoms with van der Waals surface area (Å²) in [6.45, 7) is 2.52. The first-order valence-electron chi connectivity index (χ1n) is 8.22. The van der Waals surface area contributed by atoms with Crippen LogP contribution in [0.4, 0.5) is 0 Å². The Morgan fingerprint density at radius 3 is 2.65 bits per heavy atom. The van der Waals surface area contributed by atoms with Crippen LogP contribution in [-0.4, -0.2) is 11.0 Å². The third-order valence-electron chi connectivity index (χ3n) is 6.36. The fourth-order valence-corrected chi connectivity index (χ4v) is 6.22. The average molecular weight is 270 g/mol. The van der Waals surface area contributed by atoms with Crippen LogP contribution in [0.1, 0.15) is 51.0 Å². The van der Waals surface area contributed by atoms with Crippen molar-refractivity contribution in [1.29, 1.82) is 0 Å². The van der Waals surface area contributed by atoms with Crippen LogP contribution in [0.3, 0.4) is 0 Å². The van der Waals surface area contributed by atoms with E-state index in [-0.39, 0.29) is 0 Å². The molecule has 0 aliphatic heterocycles. The van der Waals surface area contributed by atoms with E-state index < -0.39 is 0 Å². The van der Waals surface area contributed by atoms with Crippen LogP contribution in [-0.2, 0) is 6.42 Å². The van der Waals surface area contributed by atoms with Crippen LogP contribution < -0.4 is 5.73 Å². The minimum absolute atomic E-state index is 0.317. The first kappa shape index (κ1) is 12.8. The van der Waals surface area contributed by atoms with Crippen molar-refractivity contribution in [2.24, 2.45) is 28.4 Å². The maximum atomic E-state index is 6.74. The van der Waals surface area contributed by atoms with Crippen molar-refractivity contribution in [3.8, 4) is 0 Å². The zero-order valence-corrected chi connectivity index (χ0v) is 12.5. The second-order valence-electron chi connectivity index (χ2n) is 8.31. The van der Waals surface area contributed by atoms with Gasteiger partial charge in [-0.05, 0) is 79.2 Å². The van der Waals surface area contributed by atoms with Gasteiger partial charge in [-0.2, -0.15) is 0 Å². The second kappa shape index (κ2) is 4.30. The molecule has 1 aromatic rings. The molecule has 3 unspecified atom stereocenters. The van der Waals surface area contributed by atoms with E-state index in [1.165, 1.54) is 44.1 Å². The maximum Gasteiger partial charge on any atom is 0.0300 e. The van der Waals surface area contributed by atoms with Crippen LogP contribution in [0.2, 0.25) is 0 Å². The van der Waals surface area contributed by atoms with Gasteiger partial charge in [-0.3, -0.25) is 4.98 Å². The number of nitrogens with zero attached hydrogens (tertiary/aromatic N) is 1. The highest BCUT2D eigenvalue weighted by Crippen LogP contribution is 2.66. The third kappa shape index (κ3) is 2.00. The maximum absolute atomic E-state index is 6.74. The van der Waals surface area contributed by atoms with Crippen molar-refractivity contribution in [3.63, 3.8) is 0 Å². The quantitative estimate of drug-likeness (QED) is 0.912. The molecule has 3 atom stereocenters. The predicted molar refractivity (Wildman–Crippen MR) is 81.1 cm³/mol. The Hall–Kier alpha value is -0.890. The smallest absolute Gasteiger partial charge is 0.0300 e. The molecule has 20 heavy (non-hydrogen) atoms. The van der Waals surface area contributed by atoms with Crippen molar-refractivity contribution in [1.82, 2.24) is 4.98 Å². The molecule has 4 aliphatic carbocycles. The molecule has 108 valence electrons. The molecule has 4 saturated carbocycles. The average Bonchev–Trinajstić information content (AvgIpc) is 2.37. The van der Waals surface area contributed by atoms with Crippen molar-refractivity contribution in [2.45, 2.75) is 57.9 Å². The Morgan fingerprint density at radius 2 is 2.05 bits per heavy atom. The number of nitrogens with two attached hydrogens (primary N) is 1. The van der Waals surface area contributed by atoms with Gasteiger partial charge in [-0.25, -0.2) is 0 Å². The lowest BCUT2D eigenvalue weighted by Crippen LogP contribution is -2.58. The Morgan fingerprint density at radius 1 is 1.30 bits per heavy atom. The molecule has 0 spiro atoms. The summed E-state index contributed by atoms with van der Waals surface area (Å²) in [4.78, 5) is 4.24. The van der Waals surface area contributed by atoms with Gasteiger partial charge in [0.05, 0.1) is 0 Å². The molecule has 4 bridgehead atoms. The molecule has 4 aliphatic rings. The molecule has 4 fully saturated rings. The van der Waals surface area contributed by atoms with Gasteiger partial charge in [-0.1, -0.05) is 13.0 Å². The highest BCUT2D eigenvalue weighted by atomic mass is 14.8. The molecule has 2 N–H and O–H groups in total. The van der Waals surface area contributed by atoms with Crippen molar-refractivity contribution >= 4 is 0 Å². The van der Waals surface area contributed by atoms with Crippen molar-refractivity contribution < 1.29 is 0 Å². The standard InChI is InChI=1S/C18H26N2/c1-17-7-14-5-15(8-17)10-18(9-14,12-17)16(19)6-13-3-2-4-20-11-13/h2-4,11,14-16H,5-10,12,19H2,1H3. The summed E-state index contributed by atoms with van der Waals surface area (Å²) in [6.07, 6.45) is 13.4. The fourth-order valence-electron chi connectivity index (χ4n) is 6.22. The Kier molecular flexibility index (Phi) is 2.76. The molecular formula is C18H26N2. The van der Waals surface area contributed by atoms with E-state index in [4.69, 9.17) is 5.73 Å². The molecule has 1 aromatic heterocycles. The largest absolute Gasteiger partial charge is 0.327 e. The van der Waals surface area contributed by atoms with Gasteiger partial charge in [-0.15, -0.1) is 0 Å². The first-order valence-corrected chi connectivity index (χ1v) is 8.22. The molecule has 2 heteroatoms. The lowest BCUT2D eigenvalue weighted by atomic mass is 9.43. The normalized spacial score (nSPS) is 43.7.